The zero-order valence-electron chi connectivity index (χ0n) is 9.60. The van der Waals surface area contributed by atoms with Crippen LogP contribution in [0.2, 0.25) is 0 Å². The number of rotatable bonds is 7. The normalized spacial score (nSPS) is 11.6. The molecule has 2 N–H and O–H groups in total. The van der Waals surface area contributed by atoms with Gasteiger partial charge in [-0.1, -0.05) is 6.92 Å². The van der Waals surface area contributed by atoms with Crippen molar-refractivity contribution in [3.63, 3.8) is 0 Å². The Labute approximate surface area is 96.1 Å². The second-order valence-corrected chi connectivity index (χ2v) is 5.34. The van der Waals surface area contributed by atoms with Gasteiger partial charge < -0.3 is 5.32 Å². The maximum atomic E-state index is 11.6. The summed E-state index contributed by atoms with van der Waals surface area (Å²) in [6, 6.07) is 1.63. The van der Waals surface area contributed by atoms with E-state index >= 15 is 0 Å². The number of nitrogens with one attached hydrogen (secondary N) is 2. The Morgan fingerprint density at radius 1 is 1.50 bits per heavy atom. The molecule has 1 aromatic heterocycles. The molecule has 1 rings (SSSR count). The Morgan fingerprint density at radius 3 is 2.81 bits per heavy atom. The lowest BCUT2D eigenvalue weighted by Gasteiger charge is -2.05. The van der Waals surface area contributed by atoms with Crippen LogP contribution in [0.3, 0.4) is 0 Å². The molecular weight excluding hydrogens is 228 g/mol. The van der Waals surface area contributed by atoms with E-state index in [1.165, 1.54) is 0 Å². The molecule has 0 aromatic carbocycles. The molecule has 0 amide bonds. The van der Waals surface area contributed by atoms with Gasteiger partial charge in [0.15, 0.2) is 5.82 Å². The van der Waals surface area contributed by atoms with Gasteiger partial charge >= 0.3 is 0 Å². The molecule has 0 atom stereocenters. The third kappa shape index (κ3) is 4.63. The van der Waals surface area contributed by atoms with Gasteiger partial charge in [-0.05, 0) is 19.5 Å². The Hall–Kier alpha value is -1.08. The highest BCUT2D eigenvalue weighted by Crippen LogP contribution is 2.04. The van der Waals surface area contributed by atoms with Crippen LogP contribution in [0.25, 0.3) is 0 Å². The molecule has 0 saturated carbocycles. The first-order valence-corrected chi connectivity index (χ1v) is 6.89. The molecule has 7 heteroatoms. The number of hydrogen-bond acceptors (Lipinski definition) is 4. The Bertz CT molecular complexity index is 413. The molecule has 0 spiro atoms. The molecule has 1 heterocycles. The van der Waals surface area contributed by atoms with Crippen LogP contribution in [-0.4, -0.2) is 37.0 Å². The van der Waals surface area contributed by atoms with Crippen LogP contribution in [0.15, 0.2) is 12.3 Å². The molecule has 0 aliphatic heterocycles. The van der Waals surface area contributed by atoms with Crippen molar-refractivity contribution >= 4 is 15.8 Å². The SMILES string of the molecule is CCNCCCS(=O)(=O)Nc1ccn(C)n1. The van der Waals surface area contributed by atoms with E-state index in [0.29, 0.717) is 18.8 Å². The number of aromatic nitrogens is 2. The Balaban J connectivity index is 2.40. The number of nitrogens with zero attached hydrogens (tertiary/aromatic N) is 2. The number of sulfonamides is 1. The van der Waals surface area contributed by atoms with Crippen LogP contribution >= 0.6 is 0 Å². The average Bonchev–Trinajstić information content (AvgIpc) is 2.58. The van der Waals surface area contributed by atoms with Crippen LogP contribution in [0.1, 0.15) is 13.3 Å². The van der Waals surface area contributed by atoms with Crippen molar-refractivity contribution in [1.29, 1.82) is 0 Å². The molecule has 92 valence electrons. The summed E-state index contributed by atoms with van der Waals surface area (Å²) in [4.78, 5) is 0. The fourth-order valence-corrected chi connectivity index (χ4v) is 2.30. The fourth-order valence-electron chi connectivity index (χ4n) is 1.24. The highest BCUT2D eigenvalue weighted by molar-refractivity contribution is 7.92. The standard InChI is InChI=1S/C9H18N4O2S/c1-3-10-6-4-8-16(14,15)12-9-5-7-13(2)11-9/h5,7,10H,3-4,6,8H2,1-2H3,(H,11,12). The number of hydrogen-bond donors (Lipinski definition) is 2. The average molecular weight is 246 g/mol. The van der Waals surface area contributed by atoms with Gasteiger partial charge in [0.1, 0.15) is 0 Å². The third-order valence-electron chi connectivity index (χ3n) is 1.99. The van der Waals surface area contributed by atoms with Gasteiger partial charge in [0.05, 0.1) is 5.75 Å². The summed E-state index contributed by atoms with van der Waals surface area (Å²) in [6.07, 6.45) is 2.28. The third-order valence-corrected chi connectivity index (χ3v) is 3.34. The monoisotopic (exact) mass is 246 g/mol. The van der Waals surface area contributed by atoms with Gasteiger partial charge in [-0.25, -0.2) is 8.42 Å². The Kier molecular flexibility index (Phi) is 4.75. The molecule has 1 aromatic rings. The molecule has 0 unspecified atom stereocenters. The molecule has 0 saturated heterocycles. The first-order chi connectivity index (χ1) is 7.53. The summed E-state index contributed by atoms with van der Waals surface area (Å²) in [5, 5.41) is 7.03. The summed E-state index contributed by atoms with van der Waals surface area (Å²) >= 11 is 0. The van der Waals surface area contributed by atoms with E-state index in [-0.39, 0.29) is 5.75 Å². The minimum atomic E-state index is -3.27. The van der Waals surface area contributed by atoms with Crippen molar-refractivity contribution in [2.24, 2.45) is 7.05 Å². The van der Waals surface area contributed by atoms with E-state index in [9.17, 15) is 8.42 Å². The van der Waals surface area contributed by atoms with Gasteiger partial charge in [-0.3, -0.25) is 9.40 Å². The second kappa shape index (κ2) is 5.86. The molecule has 0 fully saturated rings. The quantitative estimate of drug-likeness (QED) is 0.672. The number of anilines is 1. The zero-order chi connectivity index (χ0) is 12.0. The lowest BCUT2D eigenvalue weighted by Crippen LogP contribution is -2.22. The first-order valence-electron chi connectivity index (χ1n) is 5.24. The van der Waals surface area contributed by atoms with E-state index in [1.54, 1.807) is 24.0 Å². The minimum absolute atomic E-state index is 0.108. The lowest BCUT2D eigenvalue weighted by atomic mass is 10.5. The van der Waals surface area contributed by atoms with Gasteiger partial charge in [0, 0.05) is 19.3 Å². The summed E-state index contributed by atoms with van der Waals surface area (Å²) in [5.74, 6) is 0.474. The van der Waals surface area contributed by atoms with Crippen molar-refractivity contribution in [2.45, 2.75) is 13.3 Å². The smallest absolute Gasteiger partial charge is 0.233 e. The summed E-state index contributed by atoms with van der Waals surface area (Å²) in [7, 11) is -1.53. The van der Waals surface area contributed by atoms with Crippen molar-refractivity contribution in [3.8, 4) is 0 Å². The molecule has 6 nitrogen and oxygen atoms in total. The van der Waals surface area contributed by atoms with Crippen LogP contribution in [0.4, 0.5) is 5.82 Å². The van der Waals surface area contributed by atoms with Crippen molar-refractivity contribution in [2.75, 3.05) is 23.6 Å². The van der Waals surface area contributed by atoms with E-state index in [4.69, 9.17) is 0 Å². The van der Waals surface area contributed by atoms with E-state index < -0.39 is 10.0 Å². The predicted octanol–water partition coefficient (Wildman–Crippen LogP) is 0.161. The van der Waals surface area contributed by atoms with Crippen molar-refractivity contribution < 1.29 is 8.42 Å². The van der Waals surface area contributed by atoms with Crippen LogP contribution in [-0.2, 0) is 17.1 Å². The van der Waals surface area contributed by atoms with E-state index in [0.717, 1.165) is 6.54 Å². The largest absolute Gasteiger partial charge is 0.317 e. The molecule has 0 bridgehead atoms. The maximum absolute atomic E-state index is 11.6. The fraction of sp³-hybridized carbons (Fsp3) is 0.667. The summed E-state index contributed by atoms with van der Waals surface area (Å²) in [6.45, 7) is 3.55. The zero-order valence-corrected chi connectivity index (χ0v) is 10.4. The highest BCUT2D eigenvalue weighted by atomic mass is 32.2. The topological polar surface area (TPSA) is 76.0 Å². The summed E-state index contributed by atoms with van der Waals surface area (Å²) < 4.78 is 27.1. The molecule has 0 aliphatic carbocycles. The highest BCUT2D eigenvalue weighted by Gasteiger charge is 2.10. The van der Waals surface area contributed by atoms with Crippen molar-refractivity contribution in [1.82, 2.24) is 15.1 Å². The molecular formula is C9H18N4O2S. The number of aryl methyl sites for hydroxylation is 1. The van der Waals surface area contributed by atoms with E-state index in [1.807, 2.05) is 6.92 Å². The van der Waals surface area contributed by atoms with Crippen molar-refractivity contribution in [3.05, 3.63) is 12.3 Å². The second-order valence-electron chi connectivity index (χ2n) is 3.50. The molecule has 16 heavy (non-hydrogen) atoms. The maximum Gasteiger partial charge on any atom is 0.233 e. The molecule has 0 radical (unpaired) electrons. The van der Waals surface area contributed by atoms with Gasteiger partial charge in [0.2, 0.25) is 10.0 Å². The Morgan fingerprint density at radius 2 is 2.25 bits per heavy atom. The van der Waals surface area contributed by atoms with Crippen LogP contribution in [0.5, 0.6) is 0 Å². The molecule has 0 aliphatic rings. The minimum Gasteiger partial charge on any atom is -0.317 e. The summed E-state index contributed by atoms with van der Waals surface area (Å²) in [5.41, 5.74) is 0. The van der Waals surface area contributed by atoms with Crippen LogP contribution in [0, 0.1) is 0 Å². The van der Waals surface area contributed by atoms with Gasteiger partial charge in [-0.2, -0.15) is 5.10 Å². The first kappa shape index (κ1) is 13.0. The predicted molar refractivity (Wildman–Crippen MR) is 63.8 cm³/mol. The lowest BCUT2D eigenvalue weighted by molar-refractivity contribution is 0.594. The van der Waals surface area contributed by atoms with Gasteiger partial charge in [-0.15, -0.1) is 0 Å². The van der Waals surface area contributed by atoms with Crippen LogP contribution < -0.4 is 10.0 Å². The van der Waals surface area contributed by atoms with E-state index in [2.05, 4.69) is 15.1 Å². The van der Waals surface area contributed by atoms with Gasteiger partial charge in [0.25, 0.3) is 0 Å².